The van der Waals surface area contributed by atoms with Crippen LogP contribution in [0.3, 0.4) is 0 Å². The lowest BCUT2D eigenvalue weighted by molar-refractivity contribution is 1.66. The minimum absolute atomic E-state index is 0.784. The summed E-state index contributed by atoms with van der Waals surface area (Å²) in [5, 5.41) is 2.83. The van der Waals surface area contributed by atoms with Crippen LogP contribution in [0.5, 0.6) is 0 Å². The minimum atomic E-state index is 0.784. The van der Waals surface area contributed by atoms with Gasteiger partial charge in [0.05, 0.1) is 0 Å². The average Bonchev–Trinajstić information content (AvgIpc) is 2.04. The molecular formula is C9H9ClS. The molecule has 58 valence electrons. The molecule has 0 bridgehead atoms. The van der Waals surface area contributed by atoms with E-state index in [0.29, 0.717) is 0 Å². The Morgan fingerprint density at radius 1 is 1.27 bits per heavy atom. The van der Waals surface area contributed by atoms with Crippen LogP contribution in [0.25, 0.3) is 6.08 Å². The fourth-order valence-electron chi connectivity index (χ4n) is 0.721. The standard InChI is InChI=1S/C9H9ClS/c1-11-7-6-8-2-4-9(10)5-3-8/h2-7H,1H3. The summed E-state index contributed by atoms with van der Waals surface area (Å²) in [7, 11) is 0. The average molecular weight is 185 g/mol. The molecule has 0 aromatic heterocycles. The van der Waals surface area contributed by atoms with Crippen LogP contribution in [0.2, 0.25) is 5.02 Å². The molecule has 0 radical (unpaired) electrons. The first-order chi connectivity index (χ1) is 5.33. The molecule has 2 heteroatoms. The lowest BCUT2D eigenvalue weighted by atomic mass is 10.2. The fourth-order valence-corrected chi connectivity index (χ4v) is 1.14. The molecule has 1 aromatic carbocycles. The number of thioether (sulfide) groups is 1. The van der Waals surface area contributed by atoms with Gasteiger partial charge < -0.3 is 0 Å². The summed E-state index contributed by atoms with van der Waals surface area (Å²) in [6, 6.07) is 7.77. The van der Waals surface area contributed by atoms with Crippen molar-refractivity contribution in [3.8, 4) is 0 Å². The molecule has 0 N–H and O–H groups in total. The van der Waals surface area contributed by atoms with Gasteiger partial charge in [0.1, 0.15) is 0 Å². The predicted octanol–water partition coefficient (Wildman–Crippen LogP) is 3.67. The molecule has 0 amide bonds. The summed E-state index contributed by atoms with van der Waals surface area (Å²) in [6.07, 6.45) is 4.09. The SMILES string of the molecule is CSC=Cc1ccc(Cl)cc1. The molecule has 0 heterocycles. The Hall–Kier alpha value is -0.400. The van der Waals surface area contributed by atoms with Gasteiger partial charge in [-0.25, -0.2) is 0 Å². The molecule has 0 aliphatic heterocycles. The van der Waals surface area contributed by atoms with E-state index in [9.17, 15) is 0 Å². The van der Waals surface area contributed by atoms with E-state index < -0.39 is 0 Å². The van der Waals surface area contributed by atoms with Crippen LogP contribution in [-0.2, 0) is 0 Å². The maximum absolute atomic E-state index is 5.72. The van der Waals surface area contributed by atoms with Gasteiger partial charge in [0.25, 0.3) is 0 Å². The molecule has 0 unspecified atom stereocenters. The van der Waals surface area contributed by atoms with E-state index in [1.54, 1.807) is 11.8 Å². The van der Waals surface area contributed by atoms with E-state index in [4.69, 9.17) is 11.6 Å². The highest BCUT2D eigenvalue weighted by atomic mass is 35.5. The molecule has 0 fully saturated rings. The van der Waals surface area contributed by atoms with Crippen molar-refractivity contribution in [1.82, 2.24) is 0 Å². The Morgan fingerprint density at radius 2 is 1.91 bits per heavy atom. The normalized spacial score (nSPS) is 10.7. The van der Waals surface area contributed by atoms with Crippen LogP contribution in [-0.4, -0.2) is 6.26 Å². The summed E-state index contributed by atoms with van der Waals surface area (Å²) >= 11 is 7.40. The van der Waals surface area contributed by atoms with Crippen molar-refractivity contribution in [2.75, 3.05) is 6.26 Å². The highest BCUT2D eigenvalue weighted by molar-refractivity contribution is 8.01. The fraction of sp³-hybridized carbons (Fsp3) is 0.111. The van der Waals surface area contributed by atoms with E-state index in [1.807, 2.05) is 35.9 Å². The van der Waals surface area contributed by atoms with E-state index in [1.165, 1.54) is 5.56 Å². The second-order valence-electron chi connectivity index (χ2n) is 2.09. The maximum Gasteiger partial charge on any atom is 0.0406 e. The lowest BCUT2D eigenvalue weighted by Gasteiger charge is -1.91. The minimum Gasteiger partial charge on any atom is -0.138 e. The van der Waals surface area contributed by atoms with Crippen molar-refractivity contribution in [2.45, 2.75) is 0 Å². The Bertz CT molecular complexity index is 238. The molecule has 0 saturated carbocycles. The Balaban J connectivity index is 2.73. The Labute approximate surface area is 76.3 Å². The summed E-state index contributed by atoms with van der Waals surface area (Å²) < 4.78 is 0. The molecule has 0 saturated heterocycles. The van der Waals surface area contributed by atoms with Crippen molar-refractivity contribution < 1.29 is 0 Å². The Morgan fingerprint density at radius 3 is 2.45 bits per heavy atom. The third-order valence-corrected chi connectivity index (χ3v) is 1.93. The highest BCUT2D eigenvalue weighted by Crippen LogP contribution is 2.11. The van der Waals surface area contributed by atoms with Gasteiger partial charge in [-0.3, -0.25) is 0 Å². The number of rotatable bonds is 2. The van der Waals surface area contributed by atoms with Crippen LogP contribution in [0.15, 0.2) is 29.7 Å². The lowest BCUT2D eigenvalue weighted by Crippen LogP contribution is -1.68. The van der Waals surface area contributed by atoms with Gasteiger partial charge in [0.2, 0.25) is 0 Å². The molecule has 0 aliphatic carbocycles. The second kappa shape index (κ2) is 4.47. The zero-order valence-electron chi connectivity index (χ0n) is 6.25. The van der Waals surface area contributed by atoms with Gasteiger partial charge in [0.15, 0.2) is 0 Å². The van der Waals surface area contributed by atoms with Gasteiger partial charge in [-0.2, -0.15) is 0 Å². The number of hydrogen-bond donors (Lipinski definition) is 0. The summed E-state index contributed by atoms with van der Waals surface area (Å²) in [4.78, 5) is 0. The van der Waals surface area contributed by atoms with E-state index in [0.717, 1.165) is 5.02 Å². The number of hydrogen-bond acceptors (Lipinski definition) is 1. The third kappa shape index (κ3) is 3.00. The molecule has 0 spiro atoms. The van der Waals surface area contributed by atoms with Gasteiger partial charge in [0, 0.05) is 5.02 Å². The maximum atomic E-state index is 5.72. The van der Waals surface area contributed by atoms with E-state index in [-0.39, 0.29) is 0 Å². The van der Waals surface area contributed by atoms with Crippen molar-refractivity contribution in [1.29, 1.82) is 0 Å². The molecule has 11 heavy (non-hydrogen) atoms. The first-order valence-electron chi connectivity index (χ1n) is 3.28. The van der Waals surface area contributed by atoms with Crippen LogP contribution in [0.1, 0.15) is 5.56 Å². The Kier molecular flexibility index (Phi) is 3.53. The van der Waals surface area contributed by atoms with Crippen molar-refractivity contribution in [3.05, 3.63) is 40.3 Å². The molecule has 0 nitrogen and oxygen atoms in total. The topological polar surface area (TPSA) is 0 Å². The van der Waals surface area contributed by atoms with Gasteiger partial charge >= 0.3 is 0 Å². The summed E-state index contributed by atoms with van der Waals surface area (Å²) in [6.45, 7) is 0. The van der Waals surface area contributed by atoms with Gasteiger partial charge in [-0.15, -0.1) is 11.8 Å². The first-order valence-corrected chi connectivity index (χ1v) is 4.94. The van der Waals surface area contributed by atoms with Crippen molar-refractivity contribution >= 4 is 29.4 Å². The van der Waals surface area contributed by atoms with Crippen LogP contribution in [0.4, 0.5) is 0 Å². The highest BCUT2D eigenvalue weighted by Gasteiger charge is 1.85. The summed E-state index contributed by atoms with van der Waals surface area (Å²) in [5.41, 5.74) is 1.18. The van der Waals surface area contributed by atoms with Gasteiger partial charge in [-0.05, 0) is 35.4 Å². The zero-order valence-corrected chi connectivity index (χ0v) is 7.82. The largest absolute Gasteiger partial charge is 0.138 e. The van der Waals surface area contributed by atoms with Crippen LogP contribution in [0, 0.1) is 0 Å². The van der Waals surface area contributed by atoms with Crippen molar-refractivity contribution in [3.63, 3.8) is 0 Å². The monoisotopic (exact) mass is 184 g/mol. The number of benzene rings is 1. The van der Waals surface area contributed by atoms with E-state index >= 15 is 0 Å². The van der Waals surface area contributed by atoms with Crippen LogP contribution >= 0.6 is 23.4 Å². The first kappa shape index (κ1) is 8.69. The van der Waals surface area contributed by atoms with Crippen molar-refractivity contribution in [2.24, 2.45) is 0 Å². The van der Waals surface area contributed by atoms with Crippen LogP contribution < -0.4 is 0 Å². The smallest absolute Gasteiger partial charge is 0.0406 e. The van der Waals surface area contributed by atoms with Gasteiger partial charge in [-0.1, -0.05) is 23.7 Å². The quantitative estimate of drug-likeness (QED) is 0.676. The third-order valence-electron chi connectivity index (χ3n) is 1.27. The zero-order chi connectivity index (χ0) is 8.10. The molecule has 1 aromatic rings. The molecular weight excluding hydrogens is 176 g/mol. The van der Waals surface area contributed by atoms with E-state index in [2.05, 4.69) is 6.08 Å². The predicted molar refractivity (Wildman–Crippen MR) is 54.0 cm³/mol. The summed E-state index contributed by atoms with van der Waals surface area (Å²) in [5.74, 6) is 0. The molecule has 0 atom stereocenters. The second-order valence-corrected chi connectivity index (χ2v) is 3.27. The molecule has 1 rings (SSSR count). The molecule has 0 aliphatic rings. The number of halogens is 1.